The molecule has 21 heavy (non-hydrogen) atoms. The Morgan fingerprint density at radius 3 is 2.52 bits per heavy atom. The quantitative estimate of drug-likeness (QED) is 0.788. The molecule has 2 aliphatic heterocycles. The minimum absolute atomic E-state index is 0.239. The smallest absolute Gasteiger partial charge is 0.337 e. The molecule has 5 heteroatoms. The Labute approximate surface area is 124 Å². The topological polar surface area (TPSA) is 60.4 Å². The first-order valence-corrected chi connectivity index (χ1v) is 8.75. The lowest BCUT2D eigenvalue weighted by molar-refractivity contribution is 0.0600. The van der Waals surface area contributed by atoms with E-state index in [9.17, 15) is 13.2 Å². The third-order valence-electron chi connectivity index (χ3n) is 4.41. The van der Waals surface area contributed by atoms with Gasteiger partial charge in [-0.1, -0.05) is 24.6 Å². The predicted octanol–water partition coefficient (Wildman–Crippen LogP) is 2.60. The van der Waals surface area contributed by atoms with Gasteiger partial charge in [-0.05, 0) is 42.5 Å². The number of sulfone groups is 1. The number of hydrogen-bond donors (Lipinski definition) is 0. The third kappa shape index (κ3) is 2.50. The van der Waals surface area contributed by atoms with Crippen molar-refractivity contribution in [1.29, 1.82) is 0 Å². The molecule has 1 aromatic carbocycles. The fourth-order valence-electron chi connectivity index (χ4n) is 3.21. The molecular weight excluding hydrogens is 288 g/mol. The van der Waals surface area contributed by atoms with Crippen molar-refractivity contribution in [2.24, 2.45) is 0 Å². The second-order valence-electron chi connectivity index (χ2n) is 5.65. The van der Waals surface area contributed by atoms with Gasteiger partial charge < -0.3 is 4.74 Å². The number of methoxy groups -OCH3 is 1. The number of carbonyl (C=O) groups is 1. The summed E-state index contributed by atoms with van der Waals surface area (Å²) in [6, 6.07) is 7.18. The largest absolute Gasteiger partial charge is 0.465 e. The van der Waals surface area contributed by atoms with Crippen LogP contribution < -0.4 is 0 Å². The Bertz CT molecular complexity index is 685. The molecule has 2 heterocycles. The molecule has 112 valence electrons. The lowest BCUT2D eigenvalue weighted by Gasteiger charge is -2.33. The van der Waals surface area contributed by atoms with Crippen LogP contribution in [0.4, 0.5) is 0 Å². The summed E-state index contributed by atoms with van der Waals surface area (Å²) in [5, 5.41) is -0.572. The van der Waals surface area contributed by atoms with Gasteiger partial charge in [-0.2, -0.15) is 0 Å². The van der Waals surface area contributed by atoms with E-state index in [2.05, 4.69) is 4.74 Å². The summed E-state index contributed by atoms with van der Waals surface area (Å²) >= 11 is 0. The average molecular weight is 306 g/mol. The van der Waals surface area contributed by atoms with Gasteiger partial charge in [0, 0.05) is 0 Å². The summed E-state index contributed by atoms with van der Waals surface area (Å²) in [5.74, 6) is -0.362. The van der Waals surface area contributed by atoms with Gasteiger partial charge in [0.05, 0.1) is 23.2 Å². The minimum atomic E-state index is -2.98. The van der Waals surface area contributed by atoms with E-state index in [0.717, 1.165) is 30.4 Å². The summed E-state index contributed by atoms with van der Waals surface area (Å²) in [6.07, 6.45) is 4.95. The maximum Gasteiger partial charge on any atom is 0.337 e. The monoisotopic (exact) mass is 306 g/mol. The SMILES string of the molecule is COC(=O)c1ccc(C2=CC3CCCC(C2)S3(=O)=O)cc1. The molecule has 1 saturated heterocycles. The zero-order valence-corrected chi connectivity index (χ0v) is 12.7. The molecule has 0 saturated carbocycles. The van der Waals surface area contributed by atoms with E-state index in [1.807, 2.05) is 18.2 Å². The van der Waals surface area contributed by atoms with E-state index in [0.29, 0.717) is 12.0 Å². The maximum atomic E-state index is 12.2. The van der Waals surface area contributed by atoms with Crippen molar-refractivity contribution < 1.29 is 17.9 Å². The van der Waals surface area contributed by atoms with Crippen LogP contribution in [0.5, 0.6) is 0 Å². The van der Waals surface area contributed by atoms with Gasteiger partial charge in [-0.3, -0.25) is 0 Å². The molecule has 0 aliphatic carbocycles. The van der Waals surface area contributed by atoms with E-state index in [-0.39, 0.29) is 16.5 Å². The van der Waals surface area contributed by atoms with Crippen LogP contribution in [-0.2, 0) is 14.6 Å². The molecule has 2 atom stereocenters. The van der Waals surface area contributed by atoms with Crippen molar-refractivity contribution in [1.82, 2.24) is 0 Å². The number of hydrogen-bond acceptors (Lipinski definition) is 4. The highest BCUT2D eigenvalue weighted by Gasteiger charge is 2.40. The number of benzene rings is 1. The Morgan fingerprint density at radius 1 is 1.19 bits per heavy atom. The zero-order chi connectivity index (χ0) is 15.0. The summed E-state index contributed by atoms with van der Waals surface area (Å²) in [6.45, 7) is 0. The number of esters is 1. The normalized spacial score (nSPS) is 26.8. The van der Waals surface area contributed by atoms with E-state index >= 15 is 0 Å². The molecule has 1 fully saturated rings. The fourth-order valence-corrected chi connectivity index (χ4v) is 5.46. The highest BCUT2D eigenvalue weighted by Crippen LogP contribution is 2.39. The number of carbonyl (C=O) groups excluding carboxylic acids is 1. The number of ether oxygens (including phenoxy) is 1. The first kappa shape index (κ1) is 14.3. The van der Waals surface area contributed by atoms with Crippen LogP contribution in [0.25, 0.3) is 5.57 Å². The van der Waals surface area contributed by atoms with Crippen molar-refractivity contribution in [2.75, 3.05) is 7.11 Å². The van der Waals surface area contributed by atoms with Gasteiger partial charge in [0.1, 0.15) is 0 Å². The summed E-state index contributed by atoms with van der Waals surface area (Å²) in [5.41, 5.74) is 2.58. The van der Waals surface area contributed by atoms with Crippen molar-refractivity contribution in [2.45, 2.75) is 36.2 Å². The molecule has 0 N–H and O–H groups in total. The first-order valence-electron chi connectivity index (χ1n) is 7.14. The van der Waals surface area contributed by atoms with Gasteiger partial charge in [-0.25, -0.2) is 13.2 Å². The van der Waals surface area contributed by atoms with Crippen LogP contribution in [0.2, 0.25) is 0 Å². The average Bonchev–Trinajstić information content (AvgIpc) is 2.45. The summed E-state index contributed by atoms with van der Waals surface area (Å²) < 4.78 is 29.2. The number of rotatable bonds is 2. The predicted molar refractivity (Wildman–Crippen MR) is 80.7 cm³/mol. The zero-order valence-electron chi connectivity index (χ0n) is 11.9. The van der Waals surface area contributed by atoms with Crippen LogP contribution in [0.1, 0.15) is 41.6 Å². The van der Waals surface area contributed by atoms with Gasteiger partial charge in [0.25, 0.3) is 0 Å². The molecule has 2 unspecified atom stereocenters. The van der Waals surface area contributed by atoms with Crippen molar-refractivity contribution in [3.8, 4) is 0 Å². The molecule has 2 bridgehead atoms. The Morgan fingerprint density at radius 2 is 1.90 bits per heavy atom. The lowest BCUT2D eigenvalue weighted by Crippen LogP contribution is -2.38. The number of allylic oxidation sites excluding steroid dienone is 1. The molecular formula is C16H18O4S. The van der Waals surface area contributed by atoms with Crippen LogP contribution in [0, 0.1) is 0 Å². The van der Waals surface area contributed by atoms with E-state index in [4.69, 9.17) is 0 Å². The third-order valence-corrected chi connectivity index (χ3v) is 6.96. The van der Waals surface area contributed by atoms with Gasteiger partial charge in [0.15, 0.2) is 9.84 Å². The van der Waals surface area contributed by atoms with Crippen molar-refractivity contribution in [3.63, 3.8) is 0 Å². The van der Waals surface area contributed by atoms with E-state index < -0.39 is 9.84 Å². The second-order valence-corrected chi connectivity index (χ2v) is 8.10. The standard InChI is InChI=1S/C16H18O4S/c1-20-16(17)12-7-5-11(6-8-12)13-9-14-3-2-4-15(10-13)21(14,18)19/h5-9,14-15H,2-4,10H2,1H3. The van der Waals surface area contributed by atoms with Gasteiger partial charge in [-0.15, -0.1) is 0 Å². The van der Waals surface area contributed by atoms with E-state index in [1.54, 1.807) is 12.1 Å². The Hall–Kier alpha value is -1.62. The van der Waals surface area contributed by atoms with Crippen LogP contribution in [-0.4, -0.2) is 32.0 Å². The number of fused-ring (bicyclic) bond motifs is 2. The van der Waals surface area contributed by atoms with Gasteiger partial charge in [0.2, 0.25) is 0 Å². The van der Waals surface area contributed by atoms with Gasteiger partial charge >= 0.3 is 5.97 Å². The van der Waals surface area contributed by atoms with Crippen LogP contribution >= 0.6 is 0 Å². The molecule has 3 rings (SSSR count). The maximum absolute atomic E-state index is 12.2. The molecule has 1 aromatic rings. The second kappa shape index (κ2) is 5.30. The molecule has 0 radical (unpaired) electrons. The summed E-state index contributed by atoms with van der Waals surface area (Å²) in [7, 11) is -1.63. The van der Waals surface area contributed by atoms with Crippen molar-refractivity contribution >= 4 is 21.4 Å². The van der Waals surface area contributed by atoms with Crippen molar-refractivity contribution in [3.05, 3.63) is 41.5 Å². The lowest BCUT2D eigenvalue weighted by atomic mass is 9.93. The van der Waals surface area contributed by atoms with Crippen LogP contribution in [0.15, 0.2) is 30.3 Å². The Balaban J connectivity index is 1.91. The summed E-state index contributed by atoms with van der Waals surface area (Å²) in [4.78, 5) is 11.4. The van der Waals surface area contributed by atoms with E-state index in [1.165, 1.54) is 7.11 Å². The fraction of sp³-hybridized carbons (Fsp3) is 0.438. The molecule has 2 aliphatic rings. The highest BCUT2D eigenvalue weighted by molar-refractivity contribution is 7.93. The highest BCUT2D eigenvalue weighted by atomic mass is 32.2. The first-order chi connectivity index (χ1) is 10.0. The minimum Gasteiger partial charge on any atom is -0.465 e. The molecule has 0 amide bonds. The Kier molecular flexibility index (Phi) is 3.61. The molecule has 4 nitrogen and oxygen atoms in total. The molecule has 0 aromatic heterocycles. The van der Waals surface area contributed by atoms with Crippen LogP contribution in [0.3, 0.4) is 0 Å². The molecule has 0 spiro atoms.